The molecular formula is C7H12N2. The Labute approximate surface area is 55.5 Å². The van der Waals surface area contributed by atoms with Gasteiger partial charge >= 0.3 is 0 Å². The van der Waals surface area contributed by atoms with Crippen LogP contribution in [0.15, 0.2) is 36.2 Å². The summed E-state index contributed by atoms with van der Waals surface area (Å²) >= 11 is 0. The van der Waals surface area contributed by atoms with E-state index in [1.165, 1.54) is 6.20 Å². The molecule has 0 fully saturated rings. The van der Waals surface area contributed by atoms with E-state index in [1.54, 1.807) is 6.08 Å². The fourth-order valence-corrected chi connectivity index (χ4v) is 0.333. The zero-order valence-corrected chi connectivity index (χ0v) is 5.54. The predicted molar refractivity (Wildman–Crippen MR) is 40.4 cm³/mol. The smallest absolute Gasteiger partial charge is 0.0471 e. The van der Waals surface area contributed by atoms with Gasteiger partial charge in [-0.1, -0.05) is 18.2 Å². The summed E-state index contributed by atoms with van der Waals surface area (Å²) in [6, 6.07) is 0. The van der Waals surface area contributed by atoms with Gasteiger partial charge in [-0.25, -0.2) is 0 Å². The molecule has 0 heterocycles. The maximum Gasteiger partial charge on any atom is 0.0471 e. The van der Waals surface area contributed by atoms with Gasteiger partial charge in [-0.3, -0.25) is 0 Å². The summed E-state index contributed by atoms with van der Waals surface area (Å²) in [6.45, 7) is 1.94. The van der Waals surface area contributed by atoms with Crippen molar-refractivity contribution < 1.29 is 0 Å². The van der Waals surface area contributed by atoms with Crippen LogP contribution < -0.4 is 11.5 Å². The summed E-state index contributed by atoms with van der Waals surface area (Å²) in [7, 11) is 0. The Bertz CT molecular complexity index is 143. The van der Waals surface area contributed by atoms with E-state index in [-0.39, 0.29) is 0 Å². The first-order chi connectivity index (χ1) is 4.31. The average Bonchev–Trinajstić information content (AvgIpc) is 1.89. The van der Waals surface area contributed by atoms with E-state index in [4.69, 9.17) is 11.5 Å². The normalized spacial score (nSPS) is 13.7. The summed E-state index contributed by atoms with van der Waals surface area (Å²) in [5, 5.41) is 0. The molecule has 0 rings (SSSR count). The molecule has 9 heavy (non-hydrogen) atoms. The lowest BCUT2D eigenvalue weighted by Crippen LogP contribution is -1.95. The lowest BCUT2D eigenvalue weighted by atomic mass is 10.4. The van der Waals surface area contributed by atoms with E-state index in [2.05, 4.69) is 0 Å². The minimum Gasteiger partial charge on any atom is -0.403 e. The molecule has 0 bridgehead atoms. The zero-order chi connectivity index (χ0) is 7.11. The van der Waals surface area contributed by atoms with Crippen LogP contribution in [0.1, 0.15) is 6.92 Å². The van der Waals surface area contributed by atoms with Gasteiger partial charge in [0.1, 0.15) is 0 Å². The molecule has 2 heteroatoms. The fraction of sp³-hybridized carbons (Fsp3) is 0.143. The standard InChI is InChI=1S/C7H12N2/c1-2-3-4-5-7(9)6-8/h2-6H,8-9H2,1H3/b3-2-,5-4-,7-6?. The molecule has 0 aliphatic carbocycles. The van der Waals surface area contributed by atoms with E-state index < -0.39 is 0 Å². The first kappa shape index (κ1) is 7.82. The molecule has 2 nitrogen and oxygen atoms in total. The van der Waals surface area contributed by atoms with Crippen LogP contribution in [0.25, 0.3) is 0 Å². The molecule has 0 aromatic rings. The molecule has 0 saturated carbocycles. The highest BCUT2D eigenvalue weighted by Crippen LogP contribution is 1.83. The average molecular weight is 124 g/mol. The molecule has 0 saturated heterocycles. The van der Waals surface area contributed by atoms with Crippen LogP contribution >= 0.6 is 0 Å². The van der Waals surface area contributed by atoms with E-state index >= 15 is 0 Å². The number of hydrogen-bond donors (Lipinski definition) is 2. The predicted octanol–water partition coefficient (Wildman–Crippen LogP) is 0.878. The maximum atomic E-state index is 5.33. The molecule has 0 amide bonds. The Morgan fingerprint density at radius 3 is 2.44 bits per heavy atom. The van der Waals surface area contributed by atoms with Gasteiger partial charge in [0.2, 0.25) is 0 Å². The van der Waals surface area contributed by atoms with Crippen molar-refractivity contribution in [1.29, 1.82) is 0 Å². The summed E-state index contributed by atoms with van der Waals surface area (Å²) in [5.74, 6) is 0. The van der Waals surface area contributed by atoms with Crippen LogP contribution in [0.2, 0.25) is 0 Å². The second kappa shape index (κ2) is 4.97. The van der Waals surface area contributed by atoms with Gasteiger partial charge in [-0.2, -0.15) is 0 Å². The highest BCUT2D eigenvalue weighted by atomic mass is 14.6. The Kier molecular flexibility index (Phi) is 4.32. The highest BCUT2D eigenvalue weighted by molar-refractivity contribution is 5.17. The van der Waals surface area contributed by atoms with E-state index in [0.717, 1.165) is 0 Å². The Morgan fingerprint density at radius 1 is 1.33 bits per heavy atom. The van der Waals surface area contributed by atoms with Crippen LogP contribution in [-0.4, -0.2) is 0 Å². The quantitative estimate of drug-likeness (QED) is 0.537. The fourth-order valence-electron chi connectivity index (χ4n) is 0.333. The van der Waals surface area contributed by atoms with Gasteiger partial charge in [0, 0.05) is 11.9 Å². The second-order valence-electron chi connectivity index (χ2n) is 1.55. The third-order valence-electron chi connectivity index (χ3n) is 0.785. The van der Waals surface area contributed by atoms with Crippen molar-refractivity contribution in [2.24, 2.45) is 11.5 Å². The topological polar surface area (TPSA) is 52.0 Å². The first-order valence-electron chi connectivity index (χ1n) is 2.78. The Morgan fingerprint density at radius 2 is 2.00 bits per heavy atom. The minimum absolute atomic E-state index is 0.577. The van der Waals surface area contributed by atoms with Crippen molar-refractivity contribution in [3.63, 3.8) is 0 Å². The summed E-state index contributed by atoms with van der Waals surface area (Å²) in [6.07, 6.45) is 8.73. The number of rotatable bonds is 2. The third-order valence-corrected chi connectivity index (χ3v) is 0.785. The van der Waals surface area contributed by atoms with Gasteiger partial charge in [0.05, 0.1) is 0 Å². The minimum atomic E-state index is 0.577. The highest BCUT2D eigenvalue weighted by Gasteiger charge is 1.72. The molecule has 50 valence electrons. The monoisotopic (exact) mass is 124 g/mol. The van der Waals surface area contributed by atoms with Gasteiger partial charge in [0.25, 0.3) is 0 Å². The number of hydrogen-bond acceptors (Lipinski definition) is 2. The Hall–Kier alpha value is -1.18. The molecule has 4 N–H and O–H groups in total. The van der Waals surface area contributed by atoms with Crippen molar-refractivity contribution in [2.45, 2.75) is 6.92 Å². The zero-order valence-electron chi connectivity index (χ0n) is 5.54. The first-order valence-corrected chi connectivity index (χ1v) is 2.78. The lowest BCUT2D eigenvalue weighted by Gasteiger charge is -1.84. The summed E-state index contributed by atoms with van der Waals surface area (Å²) < 4.78 is 0. The van der Waals surface area contributed by atoms with Crippen molar-refractivity contribution >= 4 is 0 Å². The number of nitrogens with two attached hydrogens (primary N) is 2. The van der Waals surface area contributed by atoms with Gasteiger partial charge in [-0.15, -0.1) is 0 Å². The molecule has 0 aromatic heterocycles. The number of allylic oxidation sites excluding steroid dienone is 4. The van der Waals surface area contributed by atoms with E-state index in [1.807, 2.05) is 25.2 Å². The molecule has 0 aromatic carbocycles. The Balaban J connectivity index is 3.71. The van der Waals surface area contributed by atoms with E-state index in [9.17, 15) is 0 Å². The van der Waals surface area contributed by atoms with E-state index in [0.29, 0.717) is 5.70 Å². The molecule has 0 aliphatic rings. The largest absolute Gasteiger partial charge is 0.403 e. The van der Waals surface area contributed by atoms with Crippen molar-refractivity contribution in [3.05, 3.63) is 36.2 Å². The van der Waals surface area contributed by atoms with Crippen LogP contribution in [0.5, 0.6) is 0 Å². The molecule has 0 atom stereocenters. The van der Waals surface area contributed by atoms with Crippen LogP contribution in [-0.2, 0) is 0 Å². The van der Waals surface area contributed by atoms with Crippen molar-refractivity contribution in [2.75, 3.05) is 0 Å². The van der Waals surface area contributed by atoms with Crippen molar-refractivity contribution in [3.8, 4) is 0 Å². The van der Waals surface area contributed by atoms with Crippen LogP contribution in [0, 0.1) is 0 Å². The molecule has 0 unspecified atom stereocenters. The maximum absolute atomic E-state index is 5.33. The molecule has 0 radical (unpaired) electrons. The summed E-state index contributed by atoms with van der Waals surface area (Å²) in [5.41, 5.74) is 11.0. The third kappa shape index (κ3) is 4.68. The van der Waals surface area contributed by atoms with Gasteiger partial charge in [-0.05, 0) is 13.0 Å². The molecule has 0 aliphatic heterocycles. The molecule has 0 spiro atoms. The SMILES string of the molecule is C/C=C\C=C/C(N)=CN. The van der Waals surface area contributed by atoms with Crippen LogP contribution in [0.4, 0.5) is 0 Å². The van der Waals surface area contributed by atoms with Gasteiger partial charge in [0.15, 0.2) is 0 Å². The second-order valence-corrected chi connectivity index (χ2v) is 1.55. The van der Waals surface area contributed by atoms with Crippen molar-refractivity contribution in [1.82, 2.24) is 0 Å². The lowest BCUT2D eigenvalue weighted by molar-refractivity contribution is 1.37. The molecular weight excluding hydrogens is 112 g/mol. The van der Waals surface area contributed by atoms with Gasteiger partial charge < -0.3 is 11.5 Å². The summed E-state index contributed by atoms with van der Waals surface area (Å²) in [4.78, 5) is 0. The van der Waals surface area contributed by atoms with Crippen LogP contribution in [0.3, 0.4) is 0 Å².